The van der Waals surface area contributed by atoms with E-state index >= 15 is 0 Å². The highest BCUT2D eigenvalue weighted by Gasteiger charge is 2.63. The molecule has 1 aliphatic heterocycles. The van der Waals surface area contributed by atoms with Crippen LogP contribution in [0.5, 0.6) is 0 Å². The molecule has 0 amide bonds. The fraction of sp³-hybridized carbons (Fsp3) is 0.417. The van der Waals surface area contributed by atoms with Gasteiger partial charge in [0.2, 0.25) is 0 Å². The summed E-state index contributed by atoms with van der Waals surface area (Å²) in [7, 11) is 1.40. The van der Waals surface area contributed by atoms with E-state index in [1.807, 2.05) is 0 Å². The summed E-state index contributed by atoms with van der Waals surface area (Å²) in [6.07, 6.45) is 0.748. The number of benzene rings is 1. The van der Waals surface area contributed by atoms with Crippen molar-refractivity contribution in [2.24, 2.45) is 0 Å². The van der Waals surface area contributed by atoms with Gasteiger partial charge in [-0.05, 0) is 29.7 Å². The maximum absolute atomic E-state index is 13.0. The lowest BCUT2D eigenvalue weighted by atomic mass is 9.96. The zero-order valence-corrected chi connectivity index (χ0v) is 8.92. The molecule has 84 valence electrons. The molecule has 1 saturated carbocycles. The Morgan fingerprint density at radius 3 is 3.19 bits per heavy atom. The Hall–Kier alpha value is -1.42. The van der Waals surface area contributed by atoms with Crippen LogP contribution in [0.25, 0.3) is 0 Å². The summed E-state index contributed by atoms with van der Waals surface area (Å²) in [6.45, 7) is 0.526. The van der Waals surface area contributed by atoms with Gasteiger partial charge in [0.15, 0.2) is 0 Å². The van der Waals surface area contributed by atoms with Gasteiger partial charge in [0, 0.05) is 12.5 Å². The Labute approximate surface area is 92.6 Å². The number of esters is 1. The third kappa shape index (κ3) is 1.13. The highest BCUT2D eigenvalue weighted by Crippen LogP contribution is 2.55. The molecule has 1 aliphatic carbocycles. The first-order chi connectivity index (χ1) is 7.67. The average molecular weight is 221 g/mol. The van der Waals surface area contributed by atoms with Crippen LogP contribution in [0.3, 0.4) is 0 Å². The fourth-order valence-electron chi connectivity index (χ4n) is 2.63. The maximum Gasteiger partial charge on any atom is 0.326 e. The third-order valence-corrected chi connectivity index (χ3v) is 3.59. The Bertz CT molecular complexity index is 474. The number of carbonyl (C=O) groups excluding carboxylic acids is 1. The minimum atomic E-state index is -0.542. The van der Waals surface area contributed by atoms with Crippen LogP contribution in [0.1, 0.15) is 23.5 Å². The van der Waals surface area contributed by atoms with Gasteiger partial charge in [0.05, 0.1) is 7.11 Å². The van der Waals surface area contributed by atoms with Crippen LogP contribution < -0.4 is 5.32 Å². The molecule has 1 heterocycles. The largest absolute Gasteiger partial charge is 0.468 e. The molecule has 16 heavy (non-hydrogen) atoms. The number of hydrogen-bond acceptors (Lipinski definition) is 3. The lowest BCUT2D eigenvalue weighted by Gasteiger charge is -2.23. The van der Waals surface area contributed by atoms with E-state index < -0.39 is 5.54 Å². The highest BCUT2D eigenvalue weighted by molar-refractivity contribution is 5.87. The van der Waals surface area contributed by atoms with Crippen molar-refractivity contribution in [2.45, 2.75) is 24.4 Å². The first-order valence-corrected chi connectivity index (χ1v) is 5.29. The number of methoxy groups -OCH3 is 1. The first kappa shape index (κ1) is 9.78. The van der Waals surface area contributed by atoms with E-state index in [9.17, 15) is 9.18 Å². The lowest BCUT2D eigenvalue weighted by molar-refractivity contribution is -0.144. The third-order valence-electron chi connectivity index (χ3n) is 3.59. The second kappa shape index (κ2) is 3.04. The molecule has 1 aromatic rings. The minimum absolute atomic E-state index is 0.143. The number of hydrogen-bond donors (Lipinski definition) is 1. The molecule has 3 nitrogen and oxygen atoms in total. The molecule has 0 aromatic heterocycles. The van der Waals surface area contributed by atoms with E-state index in [0.717, 1.165) is 17.5 Å². The molecule has 2 unspecified atom stereocenters. The molecule has 2 atom stereocenters. The fourth-order valence-corrected chi connectivity index (χ4v) is 2.63. The smallest absolute Gasteiger partial charge is 0.326 e. The van der Waals surface area contributed by atoms with Gasteiger partial charge in [0.25, 0.3) is 0 Å². The van der Waals surface area contributed by atoms with Crippen molar-refractivity contribution in [3.8, 4) is 0 Å². The van der Waals surface area contributed by atoms with Crippen LogP contribution >= 0.6 is 0 Å². The predicted molar refractivity (Wildman–Crippen MR) is 55.3 cm³/mol. The average Bonchev–Trinajstić information content (AvgIpc) is 3.03. The van der Waals surface area contributed by atoms with Crippen LogP contribution in [0.4, 0.5) is 4.39 Å². The summed E-state index contributed by atoms with van der Waals surface area (Å²) in [6, 6.07) is 4.76. The predicted octanol–water partition coefficient (Wildman–Crippen LogP) is 1.33. The van der Waals surface area contributed by atoms with E-state index in [-0.39, 0.29) is 17.7 Å². The standard InChI is InChI=1S/C12H12FNO2/c1-16-11(15)12-5-10(12)9-3-2-8(13)4-7(9)6-14-12/h2-4,10,14H,5-6H2,1H3. The number of carbonyl (C=O) groups is 1. The summed E-state index contributed by atoms with van der Waals surface area (Å²) >= 11 is 0. The van der Waals surface area contributed by atoms with Crippen molar-refractivity contribution in [2.75, 3.05) is 7.11 Å². The summed E-state index contributed by atoms with van der Waals surface area (Å²) < 4.78 is 17.8. The van der Waals surface area contributed by atoms with Crippen LogP contribution in [-0.2, 0) is 16.1 Å². The summed E-state index contributed by atoms with van der Waals surface area (Å²) in [5.41, 5.74) is 1.48. The Balaban J connectivity index is 1.98. The van der Waals surface area contributed by atoms with E-state index in [1.54, 1.807) is 6.07 Å². The molecule has 4 heteroatoms. The quantitative estimate of drug-likeness (QED) is 0.727. The second-order valence-corrected chi connectivity index (χ2v) is 4.42. The molecule has 2 aliphatic rings. The van der Waals surface area contributed by atoms with Gasteiger partial charge in [-0.25, -0.2) is 4.39 Å². The van der Waals surface area contributed by atoms with Gasteiger partial charge < -0.3 is 4.74 Å². The van der Waals surface area contributed by atoms with Crippen LogP contribution in [0.15, 0.2) is 18.2 Å². The summed E-state index contributed by atoms with van der Waals surface area (Å²) in [5, 5.41) is 3.16. The summed E-state index contributed by atoms with van der Waals surface area (Å²) in [4.78, 5) is 11.6. The molecule has 0 saturated heterocycles. The van der Waals surface area contributed by atoms with Crippen molar-refractivity contribution in [1.29, 1.82) is 0 Å². The van der Waals surface area contributed by atoms with E-state index in [1.165, 1.54) is 19.2 Å². The number of ether oxygens (including phenoxy) is 1. The van der Waals surface area contributed by atoms with E-state index in [2.05, 4.69) is 5.32 Å². The minimum Gasteiger partial charge on any atom is -0.468 e. The first-order valence-electron chi connectivity index (χ1n) is 5.29. The van der Waals surface area contributed by atoms with Gasteiger partial charge in [-0.15, -0.1) is 0 Å². The molecular weight excluding hydrogens is 209 g/mol. The van der Waals surface area contributed by atoms with Crippen LogP contribution in [-0.4, -0.2) is 18.6 Å². The molecule has 1 N–H and O–H groups in total. The number of nitrogens with one attached hydrogen (secondary N) is 1. The van der Waals surface area contributed by atoms with Crippen molar-refractivity contribution >= 4 is 5.97 Å². The van der Waals surface area contributed by atoms with E-state index in [4.69, 9.17) is 4.74 Å². The van der Waals surface area contributed by atoms with E-state index in [0.29, 0.717) is 6.54 Å². The second-order valence-electron chi connectivity index (χ2n) is 4.42. The number of fused-ring (bicyclic) bond motifs is 3. The van der Waals surface area contributed by atoms with Gasteiger partial charge in [-0.3, -0.25) is 10.1 Å². The lowest BCUT2D eigenvalue weighted by Crippen LogP contribution is -2.43. The zero-order valence-electron chi connectivity index (χ0n) is 8.92. The molecular formula is C12H12FNO2. The molecule has 1 aromatic carbocycles. The van der Waals surface area contributed by atoms with Crippen molar-refractivity contribution in [3.05, 3.63) is 35.1 Å². The molecule has 0 radical (unpaired) electrons. The normalized spacial score (nSPS) is 30.2. The zero-order chi connectivity index (χ0) is 11.3. The Morgan fingerprint density at radius 1 is 1.62 bits per heavy atom. The number of halogens is 1. The van der Waals surface area contributed by atoms with Crippen molar-refractivity contribution in [3.63, 3.8) is 0 Å². The van der Waals surface area contributed by atoms with Crippen LogP contribution in [0, 0.1) is 5.82 Å². The monoisotopic (exact) mass is 221 g/mol. The Kier molecular flexibility index (Phi) is 1.86. The van der Waals surface area contributed by atoms with Crippen molar-refractivity contribution < 1.29 is 13.9 Å². The number of rotatable bonds is 1. The SMILES string of the molecule is COC(=O)C12CC1c1ccc(F)cc1CN2. The van der Waals surface area contributed by atoms with Crippen molar-refractivity contribution in [1.82, 2.24) is 5.32 Å². The van der Waals surface area contributed by atoms with Crippen LogP contribution in [0.2, 0.25) is 0 Å². The molecule has 0 bridgehead atoms. The molecule has 1 fully saturated rings. The topological polar surface area (TPSA) is 38.3 Å². The molecule has 3 rings (SSSR count). The highest BCUT2D eigenvalue weighted by atomic mass is 19.1. The Morgan fingerprint density at radius 2 is 2.44 bits per heavy atom. The summed E-state index contributed by atoms with van der Waals surface area (Å²) in [5.74, 6) is -0.302. The van der Waals surface area contributed by atoms with Gasteiger partial charge >= 0.3 is 5.97 Å². The van der Waals surface area contributed by atoms with Gasteiger partial charge in [-0.2, -0.15) is 0 Å². The van der Waals surface area contributed by atoms with Gasteiger partial charge in [0.1, 0.15) is 11.4 Å². The molecule has 0 spiro atoms. The maximum atomic E-state index is 13.0. The van der Waals surface area contributed by atoms with Gasteiger partial charge in [-0.1, -0.05) is 6.07 Å².